The molecule has 1 unspecified atom stereocenters. The average molecular weight is 240 g/mol. The second-order valence-electron chi connectivity index (χ2n) is 4.45. The van der Waals surface area contributed by atoms with E-state index in [9.17, 15) is 4.79 Å². The fourth-order valence-corrected chi connectivity index (χ4v) is 2.37. The Labute approximate surface area is 101 Å². The van der Waals surface area contributed by atoms with Gasteiger partial charge in [0, 0.05) is 17.5 Å². The lowest BCUT2D eigenvalue weighted by Gasteiger charge is -2.18. The van der Waals surface area contributed by atoms with Crippen LogP contribution in [0.15, 0.2) is 12.1 Å². The first-order valence-electron chi connectivity index (χ1n) is 5.60. The zero-order valence-electron chi connectivity index (χ0n) is 10.1. The van der Waals surface area contributed by atoms with Crippen LogP contribution in [-0.2, 0) is 0 Å². The molecular weight excluding hydrogens is 220 g/mol. The Balaban J connectivity index is 2.55. The summed E-state index contributed by atoms with van der Waals surface area (Å²) in [4.78, 5) is 13.8. The Morgan fingerprint density at radius 1 is 1.50 bits per heavy atom. The quantitative estimate of drug-likeness (QED) is 0.828. The number of carbonyl (C=O) groups excluding carboxylic acids is 1. The maximum Gasteiger partial charge on any atom is 0.261 e. The highest BCUT2D eigenvalue weighted by molar-refractivity contribution is 7.13. The van der Waals surface area contributed by atoms with Crippen LogP contribution in [-0.4, -0.2) is 18.5 Å². The van der Waals surface area contributed by atoms with Crippen molar-refractivity contribution in [2.24, 2.45) is 11.7 Å². The van der Waals surface area contributed by atoms with Gasteiger partial charge in [-0.1, -0.05) is 13.8 Å². The number of rotatable bonds is 5. The number of carbonyl (C=O) groups is 1. The normalized spacial score (nSPS) is 12.8. The van der Waals surface area contributed by atoms with Crippen LogP contribution in [0.5, 0.6) is 0 Å². The molecule has 0 spiro atoms. The molecule has 0 aliphatic rings. The SMILES string of the molecule is Cc1ccc(C(=O)NC(CN)CC(C)C)s1. The van der Waals surface area contributed by atoms with E-state index in [1.807, 2.05) is 19.1 Å². The Hall–Kier alpha value is -0.870. The Morgan fingerprint density at radius 3 is 2.62 bits per heavy atom. The van der Waals surface area contributed by atoms with E-state index in [-0.39, 0.29) is 11.9 Å². The van der Waals surface area contributed by atoms with Gasteiger partial charge in [0.2, 0.25) is 0 Å². The summed E-state index contributed by atoms with van der Waals surface area (Å²) in [5.41, 5.74) is 5.64. The third-order valence-electron chi connectivity index (χ3n) is 2.34. The molecule has 90 valence electrons. The Kier molecular flexibility index (Phi) is 4.96. The van der Waals surface area contributed by atoms with Crippen molar-refractivity contribution in [2.45, 2.75) is 33.2 Å². The molecule has 1 aromatic heterocycles. The molecular formula is C12H20N2OS. The summed E-state index contributed by atoms with van der Waals surface area (Å²) in [5.74, 6) is 0.535. The van der Waals surface area contributed by atoms with Crippen molar-refractivity contribution in [1.82, 2.24) is 5.32 Å². The summed E-state index contributed by atoms with van der Waals surface area (Å²) < 4.78 is 0. The molecule has 16 heavy (non-hydrogen) atoms. The Morgan fingerprint density at radius 2 is 2.19 bits per heavy atom. The maximum absolute atomic E-state index is 11.9. The molecule has 1 rings (SSSR count). The number of hydrogen-bond donors (Lipinski definition) is 2. The van der Waals surface area contributed by atoms with Gasteiger partial charge >= 0.3 is 0 Å². The summed E-state index contributed by atoms with van der Waals surface area (Å²) in [5, 5.41) is 2.97. The standard InChI is InChI=1S/C12H20N2OS/c1-8(2)6-10(7-13)14-12(15)11-5-4-9(3)16-11/h4-5,8,10H,6-7,13H2,1-3H3,(H,14,15). The van der Waals surface area contributed by atoms with E-state index in [1.165, 1.54) is 11.3 Å². The van der Waals surface area contributed by atoms with Crippen molar-refractivity contribution in [3.63, 3.8) is 0 Å². The van der Waals surface area contributed by atoms with E-state index < -0.39 is 0 Å². The first-order chi connectivity index (χ1) is 7.52. The van der Waals surface area contributed by atoms with Gasteiger partial charge in [0.05, 0.1) is 4.88 Å². The minimum Gasteiger partial charge on any atom is -0.347 e. The first-order valence-corrected chi connectivity index (χ1v) is 6.42. The number of thiophene rings is 1. The molecule has 1 atom stereocenters. The van der Waals surface area contributed by atoms with Gasteiger partial charge in [-0.25, -0.2) is 0 Å². The molecule has 0 saturated heterocycles. The van der Waals surface area contributed by atoms with Crippen LogP contribution in [0.1, 0.15) is 34.8 Å². The second-order valence-corrected chi connectivity index (χ2v) is 5.73. The van der Waals surface area contributed by atoms with Crippen LogP contribution in [0.25, 0.3) is 0 Å². The molecule has 0 fully saturated rings. The summed E-state index contributed by atoms with van der Waals surface area (Å²) in [6.07, 6.45) is 0.923. The molecule has 0 aliphatic heterocycles. The van der Waals surface area contributed by atoms with Crippen molar-refractivity contribution in [3.05, 3.63) is 21.9 Å². The van der Waals surface area contributed by atoms with Gasteiger partial charge < -0.3 is 11.1 Å². The number of nitrogens with one attached hydrogen (secondary N) is 1. The van der Waals surface area contributed by atoms with E-state index in [2.05, 4.69) is 19.2 Å². The topological polar surface area (TPSA) is 55.1 Å². The molecule has 1 amide bonds. The lowest BCUT2D eigenvalue weighted by molar-refractivity contribution is 0.0938. The van der Waals surface area contributed by atoms with Crippen LogP contribution in [0.4, 0.5) is 0 Å². The van der Waals surface area contributed by atoms with Gasteiger partial charge in [-0.05, 0) is 31.4 Å². The second kappa shape index (κ2) is 6.01. The molecule has 3 N–H and O–H groups in total. The van der Waals surface area contributed by atoms with Crippen molar-refractivity contribution in [3.8, 4) is 0 Å². The molecule has 0 bridgehead atoms. The zero-order chi connectivity index (χ0) is 12.1. The lowest BCUT2D eigenvalue weighted by Crippen LogP contribution is -2.40. The average Bonchev–Trinajstić information content (AvgIpc) is 2.63. The molecule has 0 saturated carbocycles. The van der Waals surface area contributed by atoms with Gasteiger partial charge in [-0.2, -0.15) is 0 Å². The minimum atomic E-state index is -0.00537. The van der Waals surface area contributed by atoms with E-state index in [0.29, 0.717) is 12.5 Å². The fraction of sp³-hybridized carbons (Fsp3) is 0.583. The highest BCUT2D eigenvalue weighted by Gasteiger charge is 2.14. The van der Waals surface area contributed by atoms with Crippen molar-refractivity contribution < 1.29 is 4.79 Å². The van der Waals surface area contributed by atoms with Crippen molar-refractivity contribution in [2.75, 3.05) is 6.54 Å². The van der Waals surface area contributed by atoms with E-state index in [0.717, 1.165) is 16.2 Å². The number of hydrogen-bond acceptors (Lipinski definition) is 3. The maximum atomic E-state index is 11.9. The zero-order valence-corrected chi connectivity index (χ0v) is 10.9. The molecule has 3 nitrogen and oxygen atoms in total. The fourth-order valence-electron chi connectivity index (χ4n) is 1.60. The van der Waals surface area contributed by atoms with Crippen molar-refractivity contribution in [1.29, 1.82) is 0 Å². The number of nitrogens with two attached hydrogens (primary N) is 1. The summed E-state index contributed by atoms with van der Waals surface area (Å²) in [6.45, 7) is 6.75. The molecule has 4 heteroatoms. The van der Waals surface area contributed by atoms with Crippen LogP contribution in [0, 0.1) is 12.8 Å². The minimum absolute atomic E-state index is 0.00537. The van der Waals surface area contributed by atoms with Gasteiger partial charge in [0.15, 0.2) is 0 Å². The summed E-state index contributed by atoms with van der Waals surface area (Å²) >= 11 is 1.51. The van der Waals surface area contributed by atoms with Crippen LogP contribution < -0.4 is 11.1 Å². The third kappa shape index (κ3) is 3.94. The van der Waals surface area contributed by atoms with Gasteiger partial charge in [0.1, 0.15) is 0 Å². The number of aryl methyl sites for hydroxylation is 1. The molecule has 0 radical (unpaired) electrons. The van der Waals surface area contributed by atoms with E-state index in [4.69, 9.17) is 5.73 Å². The molecule has 1 heterocycles. The molecule has 1 aromatic rings. The van der Waals surface area contributed by atoms with E-state index in [1.54, 1.807) is 0 Å². The highest BCUT2D eigenvalue weighted by Crippen LogP contribution is 2.15. The highest BCUT2D eigenvalue weighted by atomic mass is 32.1. The van der Waals surface area contributed by atoms with Gasteiger partial charge in [-0.3, -0.25) is 4.79 Å². The van der Waals surface area contributed by atoms with E-state index >= 15 is 0 Å². The predicted octanol–water partition coefficient (Wildman–Crippen LogP) is 2.16. The monoisotopic (exact) mass is 240 g/mol. The predicted molar refractivity (Wildman–Crippen MR) is 68.8 cm³/mol. The van der Waals surface area contributed by atoms with Crippen molar-refractivity contribution >= 4 is 17.2 Å². The van der Waals surface area contributed by atoms with Gasteiger partial charge in [0.25, 0.3) is 5.91 Å². The summed E-state index contributed by atoms with van der Waals surface area (Å²) in [6, 6.07) is 3.90. The van der Waals surface area contributed by atoms with Crippen LogP contribution >= 0.6 is 11.3 Å². The molecule has 0 aromatic carbocycles. The van der Waals surface area contributed by atoms with Crippen LogP contribution in [0.3, 0.4) is 0 Å². The molecule has 0 aliphatic carbocycles. The smallest absolute Gasteiger partial charge is 0.261 e. The lowest BCUT2D eigenvalue weighted by atomic mass is 10.0. The van der Waals surface area contributed by atoms with Crippen LogP contribution in [0.2, 0.25) is 0 Å². The Bertz CT molecular complexity index is 347. The third-order valence-corrected chi connectivity index (χ3v) is 3.34. The first kappa shape index (κ1) is 13.2. The van der Waals surface area contributed by atoms with Gasteiger partial charge in [-0.15, -0.1) is 11.3 Å². The summed E-state index contributed by atoms with van der Waals surface area (Å²) in [7, 11) is 0. The number of amides is 1. The largest absolute Gasteiger partial charge is 0.347 e.